The Morgan fingerprint density at radius 1 is 1.22 bits per heavy atom. The Balaban J connectivity index is 1.49. The predicted octanol–water partition coefficient (Wildman–Crippen LogP) is 3.32. The third-order valence-electron chi connectivity index (χ3n) is 5.07. The largest absolute Gasteiger partial charge is 0.489 e. The van der Waals surface area contributed by atoms with Crippen molar-refractivity contribution in [2.45, 2.75) is 32.4 Å². The summed E-state index contributed by atoms with van der Waals surface area (Å²) in [6.45, 7) is 3.30. The lowest BCUT2D eigenvalue weighted by atomic mass is 10.1. The Labute approximate surface area is 191 Å². The Morgan fingerprint density at radius 3 is 2.78 bits per heavy atom. The standard InChI is InChI=1S/C23H24ClN3O5/c1-2-30-23(29)18-13-19(27(26-18)16-7-4-3-5-8-16)22(28)25-14-15-11-17(24)21-20(12-15)31-9-6-10-32-21/h3-5,7-8,11-12,19H,2,6,9-10,13-14H2,1H3,(H,25,28). The summed E-state index contributed by atoms with van der Waals surface area (Å²) in [5.74, 6) is 0.315. The molecule has 1 unspecified atom stereocenters. The van der Waals surface area contributed by atoms with Crippen molar-refractivity contribution in [3.05, 3.63) is 53.1 Å². The molecule has 0 radical (unpaired) electrons. The molecule has 8 nitrogen and oxygen atoms in total. The van der Waals surface area contributed by atoms with Crippen molar-refractivity contribution < 1.29 is 23.8 Å². The van der Waals surface area contributed by atoms with Gasteiger partial charge in [-0.25, -0.2) is 4.79 Å². The number of hydrazone groups is 1. The number of nitrogens with one attached hydrogen (secondary N) is 1. The van der Waals surface area contributed by atoms with E-state index in [0.717, 1.165) is 12.0 Å². The van der Waals surface area contributed by atoms with E-state index in [1.165, 1.54) is 0 Å². The van der Waals surface area contributed by atoms with Gasteiger partial charge in [-0.2, -0.15) is 5.10 Å². The van der Waals surface area contributed by atoms with E-state index < -0.39 is 12.0 Å². The van der Waals surface area contributed by atoms with Gasteiger partial charge in [-0.15, -0.1) is 0 Å². The van der Waals surface area contributed by atoms with Gasteiger partial charge in [-0.05, 0) is 36.8 Å². The molecular formula is C23H24ClN3O5. The number of esters is 1. The molecule has 0 aromatic heterocycles. The molecule has 0 bridgehead atoms. The molecule has 1 atom stereocenters. The van der Waals surface area contributed by atoms with E-state index in [1.54, 1.807) is 18.0 Å². The molecule has 4 rings (SSSR count). The van der Waals surface area contributed by atoms with Gasteiger partial charge in [0.1, 0.15) is 11.8 Å². The van der Waals surface area contributed by atoms with Crippen LogP contribution in [0.4, 0.5) is 5.69 Å². The molecule has 0 saturated carbocycles. The van der Waals surface area contributed by atoms with Gasteiger partial charge in [-0.1, -0.05) is 29.8 Å². The number of carbonyl (C=O) groups excluding carboxylic acids is 2. The number of anilines is 1. The summed E-state index contributed by atoms with van der Waals surface area (Å²) in [5, 5.41) is 9.29. The minimum absolute atomic E-state index is 0.154. The molecular weight excluding hydrogens is 434 g/mol. The summed E-state index contributed by atoms with van der Waals surface area (Å²) in [5.41, 5.74) is 1.71. The number of amides is 1. The fourth-order valence-corrected chi connectivity index (χ4v) is 3.85. The smallest absolute Gasteiger partial charge is 0.354 e. The number of halogens is 1. The fraction of sp³-hybridized carbons (Fsp3) is 0.348. The highest BCUT2D eigenvalue weighted by atomic mass is 35.5. The molecule has 0 fully saturated rings. The molecule has 2 aliphatic rings. The van der Waals surface area contributed by atoms with E-state index >= 15 is 0 Å². The van der Waals surface area contributed by atoms with Crippen LogP contribution in [-0.2, 0) is 20.9 Å². The number of hydrogen-bond acceptors (Lipinski definition) is 7. The third-order valence-corrected chi connectivity index (χ3v) is 5.35. The van der Waals surface area contributed by atoms with Gasteiger partial charge in [0.25, 0.3) is 0 Å². The average molecular weight is 458 g/mol. The summed E-state index contributed by atoms with van der Waals surface area (Å²) >= 11 is 6.35. The van der Waals surface area contributed by atoms with Gasteiger partial charge < -0.3 is 19.5 Å². The zero-order chi connectivity index (χ0) is 22.5. The summed E-state index contributed by atoms with van der Waals surface area (Å²) in [6.07, 6.45) is 0.929. The first-order chi connectivity index (χ1) is 15.6. The van der Waals surface area contributed by atoms with Crippen LogP contribution in [0.3, 0.4) is 0 Å². The zero-order valence-corrected chi connectivity index (χ0v) is 18.4. The highest BCUT2D eigenvalue weighted by Gasteiger charge is 2.36. The maximum atomic E-state index is 13.1. The van der Waals surface area contributed by atoms with E-state index in [4.69, 9.17) is 25.8 Å². The Kier molecular flexibility index (Phi) is 6.80. The lowest BCUT2D eigenvalue weighted by Crippen LogP contribution is -2.42. The molecule has 32 heavy (non-hydrogen) atoms. The molecule has 1 N–H and O–H groups in total. The van der Waals surface area contributed by atoms with Crippen molar-refractivity contribution in [3.63, 3.8) is 0 Å². The monoisotopic (exact) mass is 457 g/mol. The number of nitrogens with zero attached hydrogens (tertiary/aromatic N) is 2. The molecule has 2 aromatic carbocycles. The first-order valence-corrected chi connectivity index (χ1v) is 10.9. The van der Waals surface area contributed by atoms with Gasteiger partial charge >= 0.3 is 5.97 Å². The number of ether oxygens (including phenoxy) is 3. The van der Waals surface area contributed by atoms with Crippen LogP contribution in [0, 0.1) is 0 Å². The van der Waals surface area contributed by atoms with Gasteiger partial charge in [0, 0.05) is 19.4 Å². The van der Waals surface area contributed by atoms with E-state index in [9.17, 15) is 9.59 Å². The minimum Gasteiger partial charge on any atom is -0.489 e. The zero-order valence-electron chi connectivity index (χ0n) is 17.7. The second-order valence-corrected chi connectivity index (χ2v) is 7.75. The second kappa shape index (κ2) is 9.91. The molecule has 1 amide bonds. The van der Waals surface area contributed by atoms with E-state index in [0.29, 0.717) is 35.4 Å². The number of rotatable bonds is 6. The van der Waals surface area contributed by atoms with Crippen LogP contribution in [0.5, 0.6) is 11.5 Å². The summed E-state index contributed by atoms with van der Waals surface area (Å²) in [6, 6.07) is 12.1. The van der Waals surface area contributed by atoms with Gasteiger partial charge in [-0.3, -0.25) is 9.80 Å². The van der Waals surface area contributed by atoms with Crippen LogP contribution in [0.2, 0.25) is 5.02 Å². The Morgan fingerprint density at radius 2 is 2.00 bits per heavy atom. The van der Waals surface area contributed by atoms with Gasteiger partial charge in [0.2, 0.25) is 5.91 Å². The van der Waals surface area contributed by atoms with Gasteiger partial charge in [0.05, 0.1) is 30.5 Å². The number of fused-ring (bicyclic) bond motifs is 1. The van der Waals surface area contributed by atoms with Crippen LogP contribution in [0.15, 0.2) is 47.6 Å². The summed E-state index contributed by atoms with van der Waals surface area (Å²) in [7, 11) is 0. The number of benzene rings is 2. The molecule has 0 saturated heterocycles. The highest BCUT2D eigenvalue weighted by Crippen LogP contribution is 2.38. The van der Waals surface area contributed by atoms with Crippen molar-refractivity contribution in [1.82, 2.24) is 5.32 Å². The third kappa shape index (κ3) is 4.80. The maximum Gasteiger partial charge on any atom is 0.354 e. The molecule has 2 aliphatic heterocycles. The molecule has 2 heterocycles. The molecule has 2 aromatic rings. The van der Waals surface area contributed by atoms with Crippen LogP contribution in [-0.4, -0.2) is 43.5 Å². The van der Waals surface area contributed by atoms with Gasteiger partial charge in [0.15, 0.2) is 11.5 Å². The SMILES string of the molecule is CCOC(=O)C1=NN(c2ccccc2)C(C(=O)NCc2cc(Cl)c3c(c2)OCCCO3)C1. The van der Waals surface area contributed by atoms with Crippen molar-refractivity contribution in [2.24, 2.45) is 5.10 Å². The minimum atomic E-state index is -0.673. The molecule has 9 heteroatoms. The Bertz CT molecular complexity index is 1030. The maximum absolute atomic E-state index is 13.1. The number of carbonyl (C=O) groups is 2. The van der Waals surface area contributed by atoms with E-state index in [2.05, 4.69) is 10.4 Å². The summed E-state index contributed by atoms with van der Waals surface area (Å²) < 4.78 is 16.4. The van der Waals surface area contributed by atoms with Crippen molar-refractivity contribution in [1.29, 1.82) is 0 Å². The quantitative estimate of drug-likeness (QED) is 0.669. The van der Waals surface area contributed by atoms with E-state index in [1.807, 2.05) is 36.4 Å². The predicted molar refractivity (Wildman–Crippen MR) is 120 cm³/mol. The van der Waals surface area contributed by atoms with Crippen molar-refractivity contribution >= 4 is 34.9 Å². The number of hydrogen-bond donors (Lipinski definition) is 1. The fourth-order valence-electron chi connectivity index (χ4n) is 3.56. The lowest BCUT2D eigenvalue weighted by molar-refractivity contribution is -0.135. The van der Waals surface area contributed by atoms with Crippen LogP contribution in [0.25, 0.3) is 0 Å². The van der Waals surface area contributed by atoms with E-state index in [-0.39, 0.29) is 31.2 Å². The Hall–Kier alpha value is -3.26. The number of para-hydroxylation sites is 1. The highest BCUT2D eigenvalue weighted by molar-refractivity contribution is 6.38. The molecule has 168 valence electrons. The normalized spacial score (nSPS) is 17.4. The summed E-state index contributed by atoms with van der Waals surface area (Å²) in [4.78, 5) is 25.3. The van der Waals surface area contributed by atoms with Crippen LogP contribution >= 0.6 is 11.6 Å². The van der Waals surface area contributed by atoms with Crippen LogP contribution in [0.1, 0.15) is 25.3 Å². The molecule has 0 spiro atoms. The second-order valence-electron chi connectivity index (χ2n) is 7.34. The topological polar surface area (TPSA) is 89.5 Å². The molecule has 0 aliphatic carbocycles. The first kappa shape index (κ1) is 22.0. The average Bonchev–Trinajstić information content (AvgIpc) is 3.11. The first-order valence-electron chi connectivity index (χ1n) is 10.5. The van der Waals surface area contributed by atoms with Crippen LogP contribution < -0.4 is 19.8 Å². The van der Waals surface area contributed by atoms with Crippen molar-refractivity contribution in [3.8, 4) is 11.5 Å². The lowest BCUT2D eigenvalue weighted by Gasteiger charge is -2.23. The van der Waals surface area contributed by atoms with Crippen molar-refractivity contribution in [2.75, 3.05) is 24.8 Å².